The van der Waals surface area contributed by atoms with E-state index in [-0.39, 0.29) is 17.1 Å². The molecule has 2 aromatic rings. The second-order valence-electron chi connectivity index (χ2n) is 7.07. The van der Waals surface area contributed by atoms with E-state index in [0.717, 1.165) is 54.0 Å². The SMILES string of the molecule is Cc1noc(C)c1CSCC(=O)NCC1(c2ccc(F)cc2)CCCC1. The Balaban J connectivity index is 1.53. The van der Waals surface area contributed by atoms with E-state index in [4.69, 9.17) is 4.52 Å². The van der Waals surface area contributed by atoms with Gasteiger partial charge in [-0.3, -0.25) is 4.79 Å². The van der Waals surface area contributed by atoms with Crippen molar-refractivity contribution < 1.29 is 13.7 Å². The van der Waals surface area contributed by atoms with E-state index in [0.29, 0.717) is 12.3 Å². The summed E-state index contributed by atoms with van der Waals surface area (Å²) < 4.78 is 18.4. The quantitative estimate of drug-likeness (QED) is 0.783. The molecule has 140 valence electrons. The number of nitrogens with zero attached hydrogens (tertiary/aromatic N) is 1. The number of hydrogen-bond donors (Lipinski definition) is 1. The van der Waals surface area contributed by atoms with E-state index in [1.165, 1.54) is 12.1 Å². The molecule has 1 N–H and O–H groups in total. The van der Waals surface area contributed by atoms with Crippen molar-refractivity contribution in [3.63, 3.8) is 0 Å². The fourth-order valence-electron chi connectivity index (χ4n) is 3.70. The number of amides is 1. The molecular weight excluding hydrogens is 351 g/mol. The molecule has 1 aliphatic carbocycles. The molecule has 0 aliphatic heterocycles. The molecule has 0 radical (unpaired) electrons. The van der Waals surface area contributed by atoms with Gasteiger partial charge in [0, 0.05) is 23.3 Å². The minimum Gasteiger partial charge on any atom is -0.361 e. The van der Waals surface area contributed by atoms with Crippen LogP contribution in [0.3, 0.4) is 0 Å². The van der Waals surface area contributed by atoms with Gasteiger partial charge in [0.15, 0.2) is 0 Å². The summed E-state index contributed by atoms with van der Waals surface area (Å²) in [6.45, 7) is 4.42. The molecule has 0 saturated heterocycles. The Kier molecular flexibility index (Phi) is 6.01. The number of benzene rings is 1. The molecule has 0 bridgehead atoms. The average Bonchev–Trinajstić information content (AvgIpc) is 3.23. The maximum absolute atomic E-state index is 13.2. The number of aryl methyl sites for hydroxylation is 2. The minimum atomic E-state index is -0.221. The second kappa shape index (κ2) is 8.25. The van der Waals surface area contributed by atoms with Crippen LogP contribution in [0.15, 0.2) is 28.8 Å². The Morgan fingerprint density at radius 1 is 1.27 bits per heavy atom. The first-order chi connectivity index (χ1) is 12.5. The minimum absolute atomic E-state index is 0.0372. The van der Waals surface area contributed by atoms with Gasteiger partial charge >= 0.3 is 0 Å². The van der Waals surface area contributed by atoms with E-state index < -0.39 is 0 Å². The summed E-state index contributed by atoms with van der Waals surface area (Å²) in [5, 5.41) is 7.03. The zero-order chi connectivity index (χ0) is 18.6. The molecule has 1 saturated carbocycles. The summed E-state index contributed by atoms with van der Waals surface area (Å²) in [5.74, 6) is 1.76. The number of hydrogen-bond acceptors (Lipinski definition) is 4. The summed E-state index contributed by atoms with van der Waals surface area (Å²) >= 11 is 1.56. The highest BCUT2D eigenvalue weighted by Gasteiger charge is 2.35. The number of carbonyl (C=O) groups excluding carboxylic acids is 1. The molecule has 1 heterocycles. The molecule has 0 spiro atoms. The lowest BCUT2D eigenvalue weighted by Gasteiger charge is -2.30. The lowest BCUT2D eigenvalue weighted by atomic mass is 9.79. The Morgan fingerprint density at radius 2 is 1.96 bits per heavy atom. The summed E-state index contributed by atoms with van der Waals surface area (Å²) in [5.41, 5.74) is 3.02. The smallest absolute Gasteiger partial charge is 0.230 e. The number of carbonyl (C=O) groups is 1. The zero-order valence-electron chi connectivity index (χ0n) is 15.3. The van der Waals surface area contributed by atoms with E-state index in [2.05, 4.69) is 10.5 Å². The van der Waals surface area contributed by atoms with Gasteiger partial charge in [-0.15, -0.1) is 11.8 Å². The Labute approximate surface area is 157 Å². The van der Waals surface area contributed by atoms with Gasteiger partial charge in [-0.2, -0.15) is 0 Å². The van der Waals surface area contributed by atoms with E-state index in [1.54, 1.807) is 11.8 Å². The Hall–Kier alpha value is -1.82. The first-order valence-electron chi connectivity index (χ1n) is 9.02. The van der Waals surface area contributed by atoms with Gasteiger partial charge < -0.3 is 9.84 Å². The molecule has 0 atom stereocenters. The maximum atomic E-state index is 13.2. The lowest BCUT2D eigenvalue weighted by Crippen LogP contribution is -2.39. The number of halogens is 1. The molecule has 1 aliphatic rings. The third kappa shape index (κ3) is 4.29. The molecule has 1 aromatic carbocycles. The van der Waals surface area contributed by atoms with E-state index >= 15 is 0 Å². The topological polar surface area (TPSA) is 55.1 Å². The number of thioether (sulfide) groups is 1. The Bertz CT molecular complexity index is 732. The lowest BCUT2D eigenvalue weighted by molar-refractivity contribution is -0.118. The van der Waals surface area contributed by atoms with Crippen molar-refractivity contribution in [3.8, 4) is 0 Å². The van der Waals surface area contributed by atoms with Gasteiger partial charge in [-0.1, -0.05) is 30.1 Å². The van der Waals surface area contributed by atoms with Crippen LogP contribution < -0.4 is 5.32 Å². The highest BCUT2D eigenvalue weighted by Crippen LogP contribution is 2.40. The van der Waals surface area contributed by atoms with Crippen LogP contribution in [0.5, 0.6) is 0 Å². The molecule has 26 heavy (non-hydrogen) atoms. The number of aromatic nitrogens is 1. The van der Waals surface area contributed by atoms with Crippen LogP contribution in [0.2, 0.25) is 0 Å². The van der Waals surface area contributed by atoms with Gasteiger partial charge in [0.25, 0.3) is 0 Å². The summed E-state index contributed by atoms with van der Waals surface area (Å²) in [6, 6.07) is 6.74. The van der Waals surface area contributed by atoms with Gasteiger partial charge in [0.05, 0.1) is 11.4 Å². The zero-order valence-corrected chi connectivity index (χ0v) is 16.1. The van der Waals surface area contributed by atoms with E-state index in [1.807, 2.05) is 26.0 Å². The summed E-state index contributed by atoms with van der Waals surface area (Å²) in [4.78, 5) is 12.3. The highest BCUT2D eigenvalue weighted by molar-refractivity contribution is 7.99. The molecule has 3 rings (SSSR count). The molecule has 4 nitrogen and oxygen atoms in total. The standard InChI is InChI=1S/C20H25FN2O2S/c1-14-18(15(2)25-23-14)11-26-12-19(24)22-13-20(9-3-4-10-20)16-5-7-17(21)8-6-16/h5-8H,3-4,9-13H2,1-2H3,(H,22,24). The predicted molar refractivity (Wildman–Crippen MR) is 102 cm³/mol. The molecular formula is C20H25FN2O2S. The largest absolute Gasteiger partial charge is 0.361 e. The third-order valence-electron chi connectivity index (χ3n) is 5.30. The molecule has 1 aromatic heterocycles. The van der Waals surface area contributed by atoms with Gasteiger partial charge in [-0.05, 0) is 44.4 Å². The van der Waals surface area contributed by atoms with Crippen LogP contribution in [0.4, 0.5) is 4.39 Å². The van der Waals surface area contributed by atoms with Crippen LogP contribution in [0, 0.1) is 19.7 Å². The number of rotatable bonds is 7. The van der Waals surface area contributed by atoms with Crippen LogP contribution in [0.1, 0.15) is 48.3 Å². The van der Waals surface area contributed by atoms with Gasteiger partial charge in [0.1, 0.15) is 11.6 Å². The summed E-state index contributed by atoms with van der Waals surface area (Å²) in [6.07, 6.45) is 4.36. The van der Waals surface area contributed by atoms with Crippen LogP contribution >= 0.6 is 11.8 Å². The van der Waals surface area contributed by atoms with Crippen molar-refractivity contribution in [3.05, 3.63) is 52.7 Å². The van der Waals surface area contributed by atoms with Crippen molar-refractivity contribution in [1.82, 2.24) is 10.5 Å². The molecule has 1 amide bonds. The molecule has 0 unspecified atom stereocenters. The molecule has 6 heteroatoms. The monoisotopic (exact) mass is 376 g/mol. The highest BCUT2D eigenvalue weighted by atomic mass is 32.2. The van der Waals surface area contributed by atoms with Crippen molar-refractivity contribution in [2.24, 2.45) is 0 Å². The fourth-order valence-corrected chi connectivity index (χ4v) is 4.70. The maximum Gasteiger partial charge on any atom is 0.230 e. The predicted octanol–water partition coefficient (Wildman–Crippen LogP) is 4.29. The van der Waals surface area contributed by atoms with Crippen molar-refractivity contribution in [2.75, 3.05) is 12.3 Å². The fraction of sp³-hybridized carbons (Fsp3) is 0.500. The second-order valence-corrected chi connectivity index (χ2v) is 8.05. The van der Waals surface area contributed by atoms with Crippen LogP contribution in [-0.4, -0.2) is 23.4 Å². The van der Waals surface area contributed by atoms with Crippen molar-refractivity contribution in [1.29, 1.82) is 0 Å². The van der Waals surface area contributed by atoms with E-state index in [9.17, 15) is 9.18 Å². The van der Waals surface area contributed by atoms with Gasteiger partial charge in [-0.25, -0.2) is 4.39 Å². The third-order valence-corrected chi connectivity index (χ3v) is 6.26. The first-order valence-corrected chi connectivity index (χ1v) is 10.2. The molecule has 1 fully saturated rings. The van der Waals surface area contributed by atoms with Crippen molar-refractivity contribution >= 4 is 17.7 Å². The van der Waals surface area contributed by atoms with Gasteiger partial charge in [0.2, 0.25) is 5.91 Å². The number of nitrogens with one attached hydrogen (secondary N) is 1. The van der Waals surface area contributed by atoms with Crippen LogP contribution in [0.25, 0.3) is 0 Å². The summed E-state index contributed by atoms with van der Waals surface area (Å²) in [7, 11) is 0. The first kappa shape index (κ1) is 19.0. The average molecular weight is 376 g/mol. The normalized spacial score (nSPS) is 16.0. The Morgan fingerprint density at radius 3 is 2.58 bits per heavy atom. The van der Waals surface area contributed by atoms with Crippen molar-refractivity contribution in [2.45, 2.75) is 50.7 Å². The van der Waals surface area contributed by atoms with Crippen LogP contribution in [-0.2, 0) is 16.0 Å².